The van der Waals surface area contributed by atoms with Crippen LogP contribution >= 0.6 is 38.5 Å². The molecule has 0 radical (unpaired) electrons. The molecule has 0 saturated carbocycles. The lowest BCUT2D eigenvalue weighted by atomic mass is 10.2. The lowest BCUT2D eigenvalue weighted by Gasteiger charge is -2.26. The number of rotatable bonds is 4. The summed E-state index contributed by atoms with van der Waals surface area (Å²) in [6, 6.07) is 7.91. The maximum atomic E-state index is 12.2. The lowest BCUT2D eigenvalue weighted by molar-refractivity contribution is 0.0719. The molecule has 0 N–H and O–H groups in total. The van der Waals surface area contributed by atoms with Crippen LogP contribution in [0.2, 0.25) is 0 Å². The van der Waals surface area contributed by atoms with Gasteiger partial charge in [-0.3, -0.25) is 4.79 Å². The Hall–Kier alpha value is -0.100. The smallest absolute Gasteiger partial charge is 0.254 e. The Bertz CT molecular complexity index is 351. The minimum Gasteiger partial charge on any atom is -0.335 e. The molecule has 0 saturated heterocycles. The molecule has 0 unspecified atom stereocenters. The van der Waals surface area contributed by atoms with Crippen LogP contribution in [-0.2, 0) is 0 Å². The predicted octanol–water partition coefficient (Wildman–Crippen LogP) is 3.54. The summed E-state index contributed by atoms with van der Waals surface area (Å²) in [5, 5.41) is 0.807. The summed E-state index contributed by atoms with van der Waals surface area (Å²) in [5.41, 5.74) is 0.759. The number of hydrogen-bond donors (Lipinski definition) is 0. The fourth-order valence-corrected chi connectivity index (χ4v) is 2.19. The second-order valence-corrected chi connectivity index (χ2v) is 5.83. The highest BCUT2D eigenvalue weighted by molar-refractivity contribution is 14.1. The van der Waals surface area contributed by atoms with Crippen LogP contribution in [0.3, 0.4) is 0 Å². The predicted molar refractivity (Wildman–Crippen MR) is 79.1 cm³/mol. The van der Waals surface area contributed by atoms with E-state index in [1.54, 1.807) is 0 Å². The molecule has 2 nitrogen and oxygen atoms in total. The summed E-state index contributed by atoms with van der Waals surface area (Å²) in [6.45, 7) is 4.81. The molecule has 1 aromatic rings. The maximum absolute atomic E-state index is 12.2. The number of alkyl halides is 1. The standard InChI is InChI=1S/C12H15BrINO/c1-9(2)15(8-7-13)12(16)10-3-5-11(14)6-4-10/h3-6,9H,7-8H2,1-2H3. The van der Waals surface area contributed by atoms with Crippen molar-refractivity contribution in [1.29, 1.82) is 0 Å². The minimum atomic E-state index is 0.103. The number of nitrogens with zero attached hydrogens (tertiary/aromatic N) is 1. The van der Waals surface area contributed by atoms with E-state index in [1.807, 2.05) is 43.0 Å². The molecular formula is C12H15BrINO. The third kappa shape index (κ3) is 3.73. The van der Waals surface area contributed by atoms with Gasteiger partial charge in [0.05, 0.1) is 0 Å². The summed E-state index contributed by atoms with van der Waals surface area (Å²) < 4.78 is 1.14. The first kappa shape index (κ1) is 14.0. The van der Waals surface area contributed by atoms with Crippen LogP contribution in [0.4, 0.5) is 0 Å². The average Bonchev–Trinajstić information content (AvgIpc) is 2.25. The zero-order chi connectivity index (χ0) is 12.1. The highest BCUT2D eigenvalue weighted by atomic mass is 127. The molecule has 0 fully saturated rings. The number of benzene rings is 1. The molecule has 1 aromatic carbocycles. The molecule has 88 valence electrons. The first-order valence-corrected chi connectivity index (χ1v) is 7.38. The zero-order valence-corrected chi connectivity index (χ0v) is 13.2. The molecule has 0 aliphatic carbocycles. The van der Waals surface area contributed by atoms with Gasteiger partial charge in [0.2, 0.25) is 0 Å². The van der Waals surface area contributed by atoms with Gasteiger partial charge in [0, 0.05) is 27.1 Å². The molecule has 0 atom stereocenters. The summed E-state index contributed by atoms with van der Waals surface area (Å²) in [7, 11) is 0. The summed E-state index contributed by atoms with van der Waals surface area (Å²) >= 11 is 5.61. The van der Waals surface area contributed by atoms with E-state index in [0.717, 1.165) is 21.0 Å². The zero-order valence-electron chi connectivity index (χ0n) is 9.41. The van der Waals surface area contributed by atoms with Crippen molar-refractivity contribution < 1.29 is 4.79 Å². The number of hydrogen-bond acceptors (Lipinski definition) is 1. The van der Waals surface area contributed by atoms with Crippen molar-refractivity contribution in [2.45, 2.75) is 19.9 Å². The van der Waals surface area contributed by atoms with E-state index < -0.39 is 0 Å². The van der Waals surface area contributed by atoms with Crippen LogP contribution in [0, 0.1) is 3.57 Å². The van der Waals surface area contributed by atoms with Crippen LogP contribution in [0.25, 0.3) is 0 Å². The monoisotopic (exact) mass is 395 g/mol. The quantitative estimate of drug-likeness (QED) is 0.564. The van der Waals surface area contributed by atoms with E-state index in [4.69, 9.17) is 0 Å². The van der Waals surface area contributed by atoms with E-state index in [-0.39, 0.29) is 11.9 Å². The number of halogens is 2. The van der Waals surface area contributed by atoms with Crippen molar-refractivity contribution in [2.24, 2.45) is 0 Å². The van der Waals surface area contributed by atoms with E-state index in [1.165, 1.54) is 0 Å². The summed E-state index contributed by atoms with van der Waals surface area (Å²) in [5.74, 6) is 0.103. The first-order valence-electron chi connectivity index (χ1n) is 5.18. The van der Waals surface area contributed by atoms with Crippen LogP contribution in [-0.4, -0.2) is 28.7 Å². The van der Waals surface area contributed by atoms with Gasteiger partial charge in [-0.2, -0.15) is 0 Å². The Morgan fingerprint density at radius 3 is 2.38 bits per heavy atom. The molecule has 0 heterocycles. The third-order valence-electron chi connectivity index (χ3n) is 2.30. The third-order valence-corrected chi connectivity index (χ3v) is 3.37. The summed E-state index contributed by atoms with van der Waals surface area (Å²) in [4.78, 5) is 14.1. The van der Waals surface area contributed by atoms with Crippen LogP contribution in [0.1, 0.15) is 24.2 Å². The Labute approximate surface area is 119 Å². The molecular weight excluding hydrogens is 381 g/mol. The molecule has 0 bridgehead atoms. The van der Waals surface area contributed by atoms with E-state index in [2.05, 4.69) is 38.5 Å². The molecule has 0 aliphatic rings. The van der Waals surface area contributed by atoms with Crippen LogP contribution in [0.5, 0.6) is 0 Å². The highest BCUT2D eigenvalue weighted by Crippen LogP contribution is 2.11. The first-order chi connectivity index (χ1) is 7.56. The number of carbonyl (C=O) groups is 1. The van der Waals surface area contributed by atoms with Gasteiger partial charge < -0.3 is 4.90 Å². The van der Waals surface area contributed by atoms with Gasteiger partial charge in [-0.25, -0.2) is 0 Å². The van der Waals surface area contributed by atoms with Crippen molar-refractivity contribution >= 4 is 44.4 Å². The molecule has 16 heavy (non-hydrogen) atoms. The molecule has 0 aliphatic heterocycles. The fourth-order valence-electron chi connectivity index (χ4n) is 1.44. The van der Waals surface area contributed by atoms with Gasteiger partial charge in [-0.05, 0) is 60.7 Å². The van der Waals surface area contributed by atoms with Gasteiger partial charge >= 0.3 is 0 Å². The minimum absolute atomic E-state index is 0.103. The van der Waals surface area contributed by atoms with Crippen molar-refractivity contribution in [3.05, 3.63) is 33.4 Å². The van der Waals surface area contributed by atoms with Gasteiger partial charge in [-0.15, -0.1) is 0 Å². The van der Waals surface area contributed by atoms with Crippen LogP contribution < -0.4 is 0 Å². The lowest BCUT2D eigenvalue weighted by Crippen LogP contribution is -2.38. The van der Waals surface area contributed by atoms with E-state index in [9.17, 15) is 4.79 Å². The molecule has 4 heteroatoms. The van der Waals surface area contributed by atoms with Gasteiger partial charge in [0.1, 0.15) is 0 Å². The van der Waals surface area contributed by atoms with Crippen molar-refractivity contribution in [2.75, 3.05) is 11.9 Å². The van der Waals surface area contributed by atoms with Crippen molar-refractivity contribution in [3.8, 4) is 0 Å². The maximum Gasteiger partial charge on any atom is 0.254 e. The second-order valence-electron chi connectivity index (χ2n) is 3.79. The highest BCUT2D eigenvalue weighted by Gasteiger charge is 2.17. The molecule has 1 rings (SSSR count). The topological polar surface area (TPSA) is 20.3 Å². The Morgan fingerprint density at radius 2 is 1.94 bits per heavy atom. The number of amides is 1. The number of carbonyl (C=O) groups excluding carboxylic acids is 1. The van der Waals surface area contributed by atoms with Crippen molar-refractivity contribution in [3.63, 3.8) is 0 Å². The fraction of sp³-hybridized carbons (Fsp3) is 0.417. The SMILES string of the molecule is CC(C)N(CCBr)C(=O)c1ccc(I)cc1. The average molecular weight is 396 g/mol. The molecule has 0 spiro atoms. The Kier molecular flexibility index (Phi) is 5.75. The molecule has 0 aromatic heterocycles. The normalized spacial score (nSPS) is 10.6. The summed E-state index contributed by atoms with van der Waals surface area (Å²) in [6.07, 6.45) is 0. The van der Waals surface area contributed by atoms with Gasteiger partial charge in [-0.1, -0.05) is 15.9 Å². The van der Waals surface area contributed by atoms with Crippen LogP contribution in [0.15, 0.2) is 24.3 Å². The Morgan fingerprint density at radius 1 is 1.38 bits per heavy atom. The van der Waals surface area contributed by atoms with E-state index >= 15 is 0 Å². The second kappa shape index (κ2) is 6.59. The van der Waals surface area contributed by atoms with Gasteiger partial charge in [0.25, 0.3) is 5.91 Å². The Balaban J connectivity index is 2.86. The largest absolute Gasteiger partial charge is 0.335 e. The van der Waals surface area contributed by atoms with E-state index in [0.29, 0.717) is 0 Å². The van der Waals surface area contributed by atoms with Crippen molar-refractivity contribution in [1.82, 2.24) is 4.90 Å². The molecule has 1 amide bonds. The van der Waals surface area contributed by atoms with Gasteiger partial charge in [0.15, 0.2) is 0 Å².